The highest BCUT2D eigenvalue weighted by Crippen LogP contribution is 2.35. The quantitative estimate of drug-likeness (QED) is 0.840. The Morgan fingerprint density at radius 3 is 2.63 bits per heavy atom. The minimum Gasteiger partial charge on any atom is -0.508 e. The van der Waals surface area contributed by atoms with Crippen LogP contribution in [-0.2, 0) is 6.54 Å². The predicted octanol–water partition coefficient (Wildman–Crippen LogP) is 4.35. The zero-order chi connectivity index (χ0) is 19.0. The van der Waals surface area contributed by atoms with E-state index < -0.39 is 0 Å². The summed E-state index contributed by atoms with van der Waals surface area (Å²) in [7, 11) is 0. The van der Waals surface area contributed by atoms with E-state index in [2.05, 4.69) is 17.1 Å². The van der Waals surface area contributed by atoms with Gasteiger partial charge in [-0.05, 0) is 63.7 Å². The Labute approximate surface area is 160 Å². The van der Waals surface area contributed by atoms with Crippen molar-refractivity contribution < 1.29 is 14.3 Å². The van der Waals surface area contributed by atoms with Crippen LogP contribution in [0.15, 0.2) is 16.5 Å². The van der Waals surface area contributed by atoms with E-state index in [0.29, 0.717) is 23.5 Å². The summed E-state index contributed by atoms with van der Waals surface area (Å²) in [5, 5.41) is 14.5. The summed E-state index contributed by atoms with van der Waals surface area (Å²) in [5.41, 5.74) is 2.09. The van der Waals surface area contributed by atoms with Crippen LogP contribution in [0.1, 0.15) is 67.1 Å². The molecule has 2 N–H and O–H groups in total. The predicted molar refractivity (Wildman–Crippen MR) is 106 cm³/mol. The Bertz CT molecular complexity index is 828. The first-order chi connectivity index (χ1) is 13.0. The van der Waals surface area contributed by atoms with Crippen LogP contribution in [-0.4, -0.2) is 35.0 Å². The van der Waals surface area contributed by atoms with Crippen molar-refractivity contribution in [1.29, 1.82) is 0 Å². The second-order valence-corrected chi connectivity index (χ2v) is 8.38. The van der Waals surface area contributed by atoms with Gasteiger partial charge in [-0.1, -0.05) is 19.8 Å². The number of nitrogens with one attached hydrogen (secondary N) is 1. The maximum atomic E-state index is 13.0. The number of carbonyl (C=O) groups excluding carboxylic acids is 1. The number of likely N-dealkylation sites (tertiary alicyclic amines) is 1. The van der Waals surface area contributed by atoms with Gasteiger partial charge in [-0.2, -0.15) is 0 Å². The number of benzene rings is 1. The molecule has 0 bridgehead atoms. The van der Waals surface area contributed by atoms with E-state index in [1.807, 2.05) is 6.92 Å². The smallest absolute Gasteiger partial charge is 0.255 e. The number of aryl methyl sites for hydroxylation is 1. The van der Waals surface area contributed by atoms with Crippen molar-refractivity contribution in [2.45, 2.75) is 65.0 Å². The van der Waals surface area contributed by atoms with E-state index in [4.69, 9.17) is 4.42 Å². The number of aromatic hydroxyl groups is 1. The Morgan fingerprint density at radius 1 is 1.22 bits per heavy atom. The van der Waals surface area contributed by atoms with Crippen LogP contribution in [0.25, 0.3) is 11.0 Å². The Balaban J connectivity index is 1.67. The van der Waals surface area contributed by atoms with Crippen LogP contribution in [0.3, 0.4) is 0 Å². The van der Waals surface area contributed by atoms with Gasteiger partial charge in [0.25, 0.3) is 5.91 Å². The number of amides is 1. The van der Waals surface area contributed by atoms with E-state index >= 15 is 0 Å². The van der Waals surface area contributed by atoms with Gasteiger partial charge in [-0.15, -0.1) is 0 Å². The molecule has 5 nitrogen and oxygen atoms in total. The third-order valence-electron chi connectivity index (χ3n) is 6.29. The van der Waals surface area contributed by atoms with Gasteiger partial charge in [0.2, 0.25) is 0 Å². The van der Waals surface area contributed by atoms with Crippen LogP contribution >= 0.6 is 0 Å². The highest BCUT2D eigenvalue weighted by atomic mass is 16.3. The minimum atomic E-state index is -0.0720. The third kappa shape index (κ3) is 3.70. The molecule has 0 spiro atoms. The van der Waals surface area contributed by atoms with Gasteiger partial charge in [0.1, 0.15) is 17.1 Å². The number of piperidine rings is 1. The lowest BCUT2D eigenvalue weighted by Gasteiger charge is -2.30. The third-order valence-corrected chi connectivity index (χ3v) is 6.29. The lowest BCUT2D eigenvalue weighted by molar-refractivity contribution is 0.0937. The molecule has 2 heterocycles. The van der Waals surface area contributed by atoms with Crippen molar-refractivity contribution in [2.24, 2.45) is 5.92 Å². The normalized spacial score (nSPS) is 19.8. The molecule has 1 amide bonds. The molecule has 1 aliphatic heterocycles. The number of furan rings is 1. The molecule has 0 atom stereocenters. The van der Waals surface area contributed by atoms with E-state index in [1.165, 1.54) is 25.7 Å². The summed E-state index contributed by atoms with van der Waals surface area (Å²) in [4.78, 5) is 15.4. The lowest BCUT2D eigenvalue weighted by atomic mass is 9.97. The fraction of sp³-hybridized carbons (Fsp3) is 0.591. The highest BCUT2D eigenvalue weighted by Gasteiger charge is 2.27. The molecule has 1 aromatic heterocycles. The van der Waals surface area contributed by atoms with Crippen molar-refractivity contribution in [3.05, 3.63) is 29.0 Å². The maximum Gasteiger partial charge on any atom is 0.255 e. The SMILES string of the molecule is Cc1oc2ccc(O)c(CN3CCC(C)CC3)c2c1C(=O)NC1CCCC1. The highest BCUT2D eigenvalue weighted by molar-refractivity contribution is 6.09. The second kappa shape index (κ2) is 7.55. The largest absolute Gasteiger partial charge is 0.508 e. The fourth-order valence-corrected chi connectivity index (χ4v) is 4.57. The van der Waals surface area contributed by atoms with Gasteiger partial charge in [0.05, 0.1) is 5.56 Å². The molecule has 0 radical (unpaired) electrons. The molecule has 1 aromatic carbocycles. The number of hydrogen-bond acceptors (Lipinski definition) is 4. The summed E-state index contributed by atoms with van der Waals surface area (Å²) in [6.07, 6.45) is 6.80. The first-order valence-electron chi connectivity index (χ1n) is 10.3. The monoisotopic (exact) mass is 370 g/mol. The van der Waals surface area contributed by atoms with Gasteiger partial charge in [0, 0.05) is 23.5 Å². The number of phenols is 1. The van der Waals surface area contributed by atoms with Gasteiger partial charge < -0.3 is 14.8 Å². The average molecular weight is 370 g/mol. The summed E-state index contributed by atoms with van der Waals surface area (Å²) >= 11 is 0. The summed E-state index contributed by atoms with van der Waals surface area (Å²) < 4.78 is 5.90. The molecule has 5 heteroatoms. The van der Waals surface area contributed by atoms with Gasteiger partial charge in [0.15, 0.2) is 0 Å². The summed E-state index contributed by atoms with van der Waals surface area (Å²) in [6.45, 7) is 6.83. The molecule has 2 aliphatic rings. The minimum absolute atomic E-state index is 0.0720. The summed E-state index contributed by atoms with van der Waals surface area (Å²) in [5.74, 6) is 1.56. The number of phenolic OH excluding ortho intramolecular Hbond substituents is 1. The Morgan fingerprint density at radius 2 is 1.93 bits per heavy atom. The van der Waals surface area contributed by atoms with Crippen LogP contribution in [0.2, 0.25) is 0 Å². The van der Waals surface area contributed by atoms with Crippen LogP contribution in [0, 0.1) is 12.8 Å². The van der Waals surface area contributed by atoms with Crippen molar-refractivity contribution in [3.8, 4) is 5.75 Å². The number of carbonyl (C=O) groups is 1. The average Bonchev–Trinajstić information content (AvgIpc) is 3.26. The maximum absolute atomic E-state index is 13.0. The molecule has 1 aliphatic carbocycles. The molecule has 146 valence electrons. The van der Waals surface area contributed by atoms with Gasteiger partial charge in [-0.3, -0.25) is 9.69 Å². The molecule has 2 fully saturated rings. The van der Waals surface area contributed by atoms with Crippen LogP contribution in [0.4, 0.5) is 0 Å². The fourth-order valence-electron chi connectivity index (χ4n) is 4.57. The molecule has 2 aromatic rings. The van der Waals surface area contributed by atoms with E-state index in [9.17, 15) is 9.90 Å². The van der Waals surface area contributed by atoms with E-state index in [0.717, 1.165) is 42.8 Å². The van der Waals surface area contributed by atoms with E-state index in [-0.39, 0.29) is 17.7 Å². The van der Waals surface area contributed by atoms with E-state index in [1.54, 1.807) is 12.1 Å². The molecule has 4 rings (SSSR count). The molecule has 0 unspecified atom stereocenters. The zero-order valence-corrected chi connectivity index (χ0v) is 16.4. The first kappa shape index (κ1) is 18.4. The number of nitrogens with zero attached hydrogens (tertiary/aromatic N) is 1. The number of hydrogen-bond donors (Lipinski definition) is 2. The topological polar surface area (TPSA) is 65.7 Å². The molecular formula is C22H30N2O3. The van der Waals surface area contributed by atoms with Crippen molar-refractivity contribution in [2.75, 3.05) is 13.1 Å². The zero-order valence-electron chi connectivity index (χ0n) is 16.4. The van der Waals surface area contributed by atoms with Gasteiger partial charge in [-0.25, -0.2) is 0 Å². The molecule has 1 saturated heterocycles. The number of rotatable bonds is 4. The lowest BCUT2D eigenvalue weighted by Crippen LogP contribution is -2.33. The first-order valence-corrected chi connectivity index (χ1v) is 10.3. The molecule has 1 saturated carbocycles. The van der Waals surface area contributed by atoms with Crippen molar-refractivity contribution >= 4 is 16.9 Å². The molecule has 27 heavy (non-hydrogen) atoms. The van der Waals surface area contributed by atoms with Crippen LogP contribution < -0.4 is 5.32 Å². The second-order valence-electron chi connectivity index (χ2n) is 8.38. The Hall–Kier alpha value is -2.01. The van der Waals surface area contributed by atoms with Crippen LogP contribution in [0.5, 0.6) is 5.75 Å². The standard InChI is InChI=1S/C22H30N2O3/c1-14-9-11-24(12-10-14)13-17-18(25)7-8-19-21(17)20(15(2)27-19)22(26)23-16-5-3-4-6-16/h7-8,14,16,25H,3-6,9-13H2,1-2H3,(H,23,26). The summed E-state index contributed by atoms with van der Waals surface area (Å²) in [6, 6.07) is 3.71. The molecular weight excluding hydrogens is 340 g/mol. The van der Waals surface area contributed by atoms with Crippen molar-refractivity contribution in [1.82, 2.24) is 10.2 Å². The Kier molecular flexibility index (Phi) is 5.13. The van der Waals surface area contributed by atoms with Gasteiger partial charge >= 0.3 is 0 Å². The number of fused-ring (bicyclic) bond motifs is 1. The van der Waals surface area contributed by atoms with Crippen molar-refractivity contribution in [3.63, 3.8) is 0 Å².